The van der Waals surface area contributed by atoms with Crippen LogP contribution in [-0.2, 0) is 11.3 Å². The number of hydrogen-bond donors (Lipinski definition) is 1. The SMILES string of the molecule is Cc1ccc(-c2noc3ncn(CCC(=O)NC[C@H](C)c4ccccc4)c(=O)c23)cc1. The van der Waals surface area contributed by atoms with Crippen LogP contribution in [-0.4, -0.2) is 27.2 Å². The van der Waals surface area contributed by atoms with Gasteiger partial charge in [-0.3, -0.25) is 14.2 Å². The fourth-order valence-corrected chi connectivity index (χ4v) is 3.43. The molecule has 1 atom stereocenters. The first-order valence-electron chi connectivity index (χ1n) is 10.3. The zero-order chi connectivity index (χ0) is 21.8. The lowest BCUT2D eigenvalue weighted by atomic mass is 10.0. The number of nitrogens with one attached hydrogen (secondary N) is 1. The predicted molar refractivity (Wildman–Crippen MR) is 119 cm³/mol. The maximum atomic E-state index is 13.0. The molecule has 1 amide bonds. The summed E-state index contributed by atoms with van der Waals surface area (Å²) in [5, 5.41) is 7.30. The lowest BCUT2D eigenvalue weighted by molar-refractivity contribution is -0.121. The van der Waals surface area contributed by atoms with Gasteiger partial charge in [-0.15, -0.1) is 0 Å². The molecule has 0 aliphatic rings. The summed E-state index contributed by atoms with van der Waals surface area (Å²) in [6, 6.07) is 17.7. The van der Waals surface area contributed by atoms with E-state index in [9.17, 15) is 9.59 Å². The fraction of sp³-hybridized carbons (Fsp3) is 0.250. The summed E-state index contributed by atoms with van der Waals surface area (Å²) in [6.45, 7) is 4.82. The third-order valence-electron chi connectivity index (χ3n) is 5.34. The van der Waals surface area contributed by atoms with Gasteiger partial charge in [0, 0.05) is 25.1 Å². The zero-order valence-electron chi connectivity index (χ0n) is 17.5. The van der Waals surface area contributed by atoms with E-state index in [0.29, 0.717) is 17.6 Å². The third-order valence-corrected chi connectivity index (χ3v) is 5.34. The minimum Gasteiger partial charge on any atom is -0.355 e. The second-order valence-corrected chi connectivity index (χ2v) is 7.69. The number of amides is 1. The Hall–Kier alpha value is -3.74. The summed E-state index contributed by atoms with van der Waals surface area (Å²) < 4.78 is 6.68. The highest BCUT2D eigenvalue weighted by molar-refractivity contribution is 5.88. The van der Waals surface area contributed by atoms with E-state index < -0.39 is 0 Å². The van der Waals surface area contributed by atoms with Gasteiger partial charge in [-0.1, -0.05) is 72.2 Å². The van der Waals surface area contributed by atoms with Crippen LogP contribution in [0.2, 0.25) is 0 Å². The van der Waals surface area contributed by atoms with Crippen LogP contribution in [0.15, 0.2) is 70.2 Å². The van der Waals surface area contributed by atoms with E-state index >= 15 is 0 Å². The number of benzene rings is 2. The molecule has 4 aromatic rings. The van der Waals surface area contributed by atoms with E-state index in [4.69, 9.17) is 4.52 Å². The molecular formula is C24H24N4O3. The number of carbonyl (C=O) groups is 1. The molecule has 7 heteroatoms. The first-order chi connectivity index (χ1) is 15.0. The van der Waals surface area contributed by atoms with Crippen LogP contribution in [0.4, 0.5) is 0 Å². The van der Waals surface area contributed by atoms with Crippen LogP contribution in [0.1, 0.15) is 30.4 Å². The van der Waals surface area contributed by atoms with Gasteiger partial charge in [0.2, 0.25) is 5.91 Å². The number of aromatic nitrogens is 3. The van der Waals surface area contributed by atoms with E-state index in [1.165, 1.54) is 16.5 Å². The van der Waals surface area contributed by atoms with Crippen molar-refractivity contribution in [2.75, 3.05) is 6.54 Å². The van der Waals surface area contributed by atoms with Gasteiger partial charge in [-0.05, 0) is 18.4 Å². The molecule has 7 nitrogen and oxygen atoms in total. The van der Waals surface area contributed by atoms with Crippen molar-refractivity contribution in [1.82, 2.24) is 20.0 Å². The minimum absolute atomic E-state index is 0.112. The monoisotopic (exact) mass is 416 g/mol. The molecule has 158 valence electrons. The van der Waals surface area contributed by atoms with Crippen molar-refractivity contribution in [3.05, 3.63) is 82.4 Å². The molecule has 0 bridgehead atoms. The molecule has 0 unspecified atom stereocenters. The van der Waals surface area contributed by atoms with E-state index in [2.05, 4.69) is 22.4 Å². The number of rotatable bonds is 7. The lowest BCUT2D eigenvalue weighted by Crippen LogP contribution is -2.30. The Kier molecular flexibility index (Phi) is 5.93. The Bertz CT molecular complexity index is 1240. The Morgan fingerprint density at radius 1 is 1.13 bits per heavy atom. The van der Waals surface area contributed by atoms with E-state index in [1.54, 1.807) is 0 Å². The van der Waals surface area contributed by atoms with Crippen molar-refractivity contribution in [1.29, 1.82) is 0 Å². The van der Waals surface area contributed by atoms with Gasteiger partial charge in [0.05, 0.1) is 0 Å². The Morgan fingerprint density at radius 2 is 1.87 bits per heavy atom. The molecule has 0 fully saturated rings. The maximum absolute atomic E-state index is 13.0. The van der Waals surface area contributed by atoms with Gasteiger partial charge in [0.25, 0.3) is 11.3 Å². The number of aryl methyl sites for hydroxylation is 2. The second kappa shape index (κ2) is 8.95. The molecule has 0 radical (unpaired) electrons. The summed E-state index contributed by atoms with van der Waals surface area (Å²) in [5.74, 6) is 0.0961. The Morgan fingerprint density at radius 3 is 2.61 bits per heavy atom. The third kappa shape index (κ3) is 4.55. The van der Waals surface area contributed by atoms with Gasteiger partial charge in [0.15, 0.2) is 0 Å². The van der Waals surface area contributed by atoms with Crippen molar-refractivity contribution in [3.8, 4) is 11.3 Å². The largest absolute Gasteiger partial charge is 0.355 e. The first kappa shape index (κ1) is 20.5. The topological polar surface area (TPSA) is 90.0 Å². The number of fused-ring (bicyclic) bond motifs is 1. The highest BCUT2D eigenvalue weighted by atomic mass is 16.5. The van der Waals surface area contributed by atoms with Crippen molar-refractivity contribution >= 4 is 17.0 Å². The average molecular weight is 416 g/mol. The van der Waals surface area contributed by atoms with Crippen molar-refractivity contribution in [2.24, 2.45) is 0 Å². The Balaban J connectivity index is 1.44. The summed E-state index contributed by atoms with van der Waals surface area (Å²) in [5.41, 5.74) is 3.45. The van der Waals surface area contributed by atoms with Crippen LogP contribution in [0.3, 0.4) is 0 Å². The van der Waals surface area contributed by atoms with Crippen molar-refractivity contribution in [2.45, 2.75) is 32.7 Å². The molecule has 0 saturated heterocycles. The summed E-state index contributed by atoms with van der Waals surface area (Å²) in [6.07, 6.45) is 1.58. The van der Waals surface area contributed by atoms with Crippen LogP contribution >= 0.6 is 0 Å². The standard InChI is InChI=1S/C24H24N4O3/c1-16-8-10-19(11-9-16)22-21-23(31-27-22)26-15-28(24(21)30)13-12-20(29)25-14-17(2)18-6-4-3-5-7-18/h3-11,15,17H,12-14H2,1-2H3,(H,25,29)/t17-/m0/s1. The summed E-state index contributed by atoms with van der Waals surface area (Å²) >= 11 is 0. The molecule has 0 aliphatic carbocycles. The van der Waals surface area contributed by atoms with Gasteiger partial charge in [-0.25, -0.2) is 4.98 Å². The minimum atomic E-state index is -0.271. The molecule has 0 aliphatic heterocycles. The highest BCUT2D eigenvalue weighted by Crippen LogP contribution is 2.24. The van der Waals surface area contributed by atoms with Crippen LogP contribution in [0.5, 0.6) is 0 Å². The molecule has 2 aromatic heterocycles. The second-order valence-electron chi connectivity index (χ2n) is 7.69. The number of nitrogens with zero attached hydrogens (tertiary/aromatic N) is 3. The zero-order valence-corrected chi connectivity index (χ0v) is 17.5. The maximum Gasteiger partial charge on any atom is 0.266 e. The van der Waals surface area contributed by atoms with Gasteiger partial charge >= 0.3 is 0 Å². The molecular weight excluding hydrogens is 392 g/mol. The fourth-order valence-electron chi connectivity index (χ4n) is 3.43. The molecule has 1 N–H and O–H groups in total. The Labute approximate surface area is 179 Å². The first-order valence-corrected chi connectivity index (χ1v) is 10.3. The quantitative estimate of drug-likeness (QED) is 0.496. The molecule has 0 spiro atoms. The smallest absolute Gasteiger partial charge is 0.266 e. The summed E-state index contributed by atoms with van der Waals surface area (Å²) in [7, 11) is 0. The van der Waals surface area contributed by atoms with Gasteiger partial charge in [-0.2, -0.15) is 0 Å². The van der Waals surface area contributed by atoms with E-state index in [-0.39, 0.29) is 36.1 Å². The van der Waals surface area contributed by atoms with Crippen LogP contribution in [0, 0.1) is 6.92 Å². The summed E-state index contributed by atoms with van der Waals surface area (Å²) in [4.78, 5) is 29.5. The van der Waals surface area contributed by atoms with E-state index in [0.717, 1.165) is 11.1 Å². The average Bonchev–Trinajstić information content (AvgIpc) is 3.23. The van der Waals surface area contributed by atoms with Crippen LogP contribution in [0.25, 0.3) is 22.4 Å². The number of carbonyl (C=O) groups excluding carboxylic acids is 1. The van der Waals surface area contributed by atoms with Gasteiger partial charge in [0.1, 0.15) is 17.4 Å². The molecule has 31 heavy (non-hydrogen) atoms. The molecule has 0 saturated carbocycles. The molecule has 4 rings (SSSR count). The molecule has 2 aromatic carbocycles. The highest BCUT2D eigenvalue weighted by Gasteiger charge is 2.17. The van der Waals surface area contributed by atoms with Gasteiger partial charge < -0.3 is 9.84 Å². The molecule has 2 heterocycles. The van der Waals surface area contributed by atoms with E-state index in [1.807, 2.05) is 61.5 Å². The predicted octanol–water partition coefficient (Wildman–Crippen LogP) is 3.67. The van der Waals surface area contributed by atoms with Crippen molar-refractivity contribution in [3.63, 3.8) is 0 Å². The van der Waals surface area contributed by atoms with Crippen molar-refractivity contribution < 1.29 is 9.32 Å². The number of hydrogen-bond acceptors (Lipinski definition) is 5. The lowest BCUT2D eigenvalue weighted by Gasteiger charge is -2.13. The van der Waals surface area contributed by atoms with Crippen LogP contribution < -0.4 is 10.9 Å². The normalized spacial score (nSPS) is 12.1.